The molecule has 0 bridgehead atoms. The van der Waals surface area contributed by atoms with Crippen molar-refractivity contribution in [1.82, 2.24) is 0 Å². The van der Waals surface area contributed by atoms with Crippen molar-refractivity contribution in [1.29, 1.82) is 0 Å². The second-order valence-corrected chi connectivity index (χ2v) is 6.93. The molecular weight excluding hydrogens is 336 g/mol. The molecule has 2 fully saturated rings. The third-order valence-corrected chi connectivity index (χ3v) is 4.38. The standard InChI is InChI=1S/C19H22N2O5/c1-19(2)25-17(23)15(18(24)26-19)11-20-13-7-9-14(10-8-13)21-16(22)12-5-3-4-6-12/h7-12,20H,3-6H2,1-2H3,(H,21,22). The molecule has 1 heterocycles. The van der Waals surface area contributed by atoms with Crippen molar-refractivity contribution >= 4 is 29.2 Å². The quantitative estimate of drug-likeness (QED) is 0.488. The van der Waals surface area contributed by atoms with Crippen molar-refractivity contribution in [2.24, 2.45) is 5.92 Å². The topological polar surface area (TPSA) is 93.7 Å². The number of rotatable bonds is 4. The van der Waals surface area contributed by atoms with E-state index in [1.807, 2.05) is 0 Å². The summed E-state index contributed by atoms with van der Waals surface area (Å²) < 4.78 is 10.0. The Morgan fingerprint density at radius 2 is 1.58 bits per heavy atom. The summed E-state index contributed by atoms with van der Waals surface area (Å²) in [6, 6.07) is 7.00. The lowest BCUT2D eigenvalue weighted by Crippen LogP contribution is -2.42. The first kappa shape index (κ1) is 18.0. The first-order valence-corrected chi connectivity index (χ1v) is 8.68. The summed E-state index contributed by atoms with van der Waals surface area (Å²) in [6.07, 6.45) is 5.37. The normalized spacial score (nSPS) is 19.5. The SMILES string of the molecule is CC1(C)OC(=O)C(=CNc2ccc(NC(=O)C3CCCC3)cc2)C(=O)O1. The van der Waals surface area contributed by atoms with Crippen LogP contribution in [0.2, 0.25) is 0 Å². The highest BCUT2D eigenvalue weighted by molar-refractivity contribution is 6.15. The van der Waals surface area contributed by atoms with Crippen LogP contribution in [0.1, 0.15) is 39.5 Å². The third-order valence-electron chi connectivity index (χ3n) is 4.38. The number of hydrogen-bond acceptors (Lipinski definition) is 6. The van der Waals surface area contributed by atoms with E-state index in [0.717, 1.165) is 25.7 Å². The van der Waals surface area contributed by atoms with Gasteiger partial charge < -0.3 is 20.1 Å². The number of nitrogens with one attached hydrogen (secondary N) is 2. The van der Waals surface area contributed by atoms with Crippen molar-refractivity contribution in [3.05, 3.63) is 36.0 Å². The van der Waals surface area contributed by atoms with Gasteiger partial charge in [-0.25, -0.2) is 9.59 Å². The van der Waals surface area contributed by atoms with Gasteiger partial charge in [-0.1, -0.05) is 12.8 Å². The lowest BCUT2D eigenvalue weighted by Gasteiger charge is -2.29. The highest BCUT2D eigenvalue weighted by Crippen LogP contribution is 2.26. The molecule has 1 aliphatic carbocycles. The number of cyclic esters (lactones) is 2. The maximum absolute atomic E-state index is 12.1. The van der Waals surface area contributed by atoms with Crippen LogP contribution in [-0.2, 0) is 23.9 Å². The lowest BCUT2D eigenvalue weighted by molar-refractivity contribution is -0.222. The van der Waals surface area contributed by atoms with Crippen LogP contribution in [0, 0.1) is 5.92 Å². The first-order valence-electron chi connectivity index (χ1n) is 8.68. The van der Waals surface area contributed by atoms with E-state index in [1.54, 1.807) is 24.3 Å². The van der Waals surface area contributed by atoms with Crippen LogP contribution in [0.15, 0.2) is 36.0 Å². The molecule has 1 saturated carbocycles. The van der Waals surface area contributed by atoms with Crippen molar-refractivity contribution < 1.29 is 23.9 Å². The van der Waals surface area contributed by atoms with E-state index >= 15 is 0 Å². The van der Waals surface area contributed by atoms with Crippen LogP contribution in [0.4, 0.5) is 11.4 Å². The molecule has 2 aliphatic rings. The molecule has 7 nitrogen and oxygen atoms in total. The van der Waals surface area contributed by atoms with Gasteiger partial charge in [0.2, 0.25) is 5.91 Å². The minimum Gasteiger partial charge on any atom is -0.419 e. The van der Waals surface area contributed by atoms with E-state index in [9.17, 15) is 14.4 Å². The summed E-state index contributed by atoms with van der Waals surface area (Å²) in [6.45, 7) is 2.98. The Bertz CT molecular complexity index is 724. The Kier molecular flexibility index (Phi) is 4.97. The molecule has 1 saturated heterocycles. The number of carbonyl (C=O) groups excluding carboxylic acids is 3. The molecule has 0 radical (unpaired) electrons. The van der Waals surface area contributed by atoms with Gasteiger partial charge in [0.25, 0.3) is 5.79 Å². The zero-order valence-electron chi connectivity index (χ0n) is 14.8. The van der Waals surface area contributed by atoms with E-state index in [2.05, 4.69) is 10.6 Å². The molecule has 0 aromatic heterocycles. The van der Waals surface area contributed by atoms with E-state index in [1.165, 1.54) is 20.0 Å². The number of hydrogen-bond donors (Lipinski definition) is 2. The Morgan fingerprint density at radius 3 is 2.15 bits per heavy atom. The molecule has 1 amide bonds. The van der Waals surface area contributed by atoms with Crippen LogP contribution in [0.5, 0.6) is 0 Å². The van der Waals surface area contributed by atoms with Crippen molar-refractivity contribution in [3.8, 4) is 0 Å². The summed E-state index contributed by atoms with van der Waals surface area (Å²) in [7, 11) is 0. The van der Waals surface area contributed by atoms with Gasteiger partial charge in [0.05, 0.1) is 0 Å². The second kappa shape index (κ2) is 7.19. The van der Waals surface area contributed by atoms with Gasteiger partial charge in [-0.3, -0.25) is 4.79 Å². The van der Waals surface area contributed by atoms with Crippen LogP contribution in [0.3, 0.4) is 0 Å². The van der Waals surface area contributed by atoms with Crippen LogP contribution >= 0.6 is 0 Å². The summed E-state index contributed by atoms with van der Waals surface area (Å²) >= 11 is 0. The van der Waals surface area contributed by atoms with Gasteiger partial charge in [0.15, 0.2) is 5.57 Å². The Labute approximate surface area is 151 Å². The maximum Gasteiger partial charge on any atom is 0.350 e. The van der Waals surface area contributed by atoms with E-state index in [-0.39, 0.29) is 17.4 Å². The summed E-state index contributed by atoms with van der Waals surface area (Å²) in [5.74, 6) is -2.57. The predicted molar refractivity (Wildman–Crippen MR) is 95.0 cm³/mol. The number of esters is 2. The summed E-state index contributed by atoms with van der Waals surface area (Å²) in [5.41, 5.74) is 1.16. The number of anilines is 2. The molecule has 0 unspecified atom stereocenters. The molecule has 2 N–H and O–H groups in total. The predicted octanol–water partition coefficient (Wildman–Crippen LogP) is 2.95. The van der Waals surface area contributed by atoms with Gasteiger partial charge >= 0.3 is 11.9 Å². The Morgan fingerprint density at radius 1 is 1.04 bits per heavy atom. The van der Waals surface area contributed by atoms with E-state index in [4.69, 9.17) is 9.47 Å². The lowest BCUT2D eigenvalue weighted by atomic mass is 10.1. The molecule has 1 aromatic carbocycles. The van der Waals surface area contributed by atoms with Crippen molar-refractivity contribution in [2.75, 3.05) is 10.6 Å². The smallest absolute Gasteiger partial charge is 0.350 e. The minimum atomic E-state index is -1.26. The molecule has 1 aromatic rings. The number of carbonyl (C=O) groups is 3. The molecular formula is C19H22N2O5. The molecule has 138 valence electrons. The first-order chi connectivity index (χ1) is 12.3. The van der Waals surface area contributed by atoms with Gasteiger partial charge in [0, 0.05) is 37.3 Å². The third kappa shape index (κ3) is 4.22. The number of benzene rings is 1. The molecule has 0 atom stereocenters. The van der Waals surface area contributed by atoms with Gasteiger partial charge in [-0.15, -0.1) is 0 Å². The largest absolute Gasteiger partial charge is 0.419 e. The zero-order chi connectivity index (χ0) is 18.7. The second-order valence-electron chi connectivity index (χ2n) is 6.93. The molecule has 3 rings (SSSR count). The van der Waals surface area contributed by atoms with E-state index < -0.39 is 17.7 Å². The Balaban J connectivity index is 1.60. The van der Waals surface area contributed by atoms with Crippen molar-refractivity contribution in [2.45, 2.75) is 45.3 Å². The van der Waals surface area contributed by atoms with Gasteiger partial charge in [0.1, 0.15) is 0 Å². The highest BCUT2D eigenvalue weighted by atomic mass is 16.7. The van der Waals surface area contributed by atoms with Crippen LogP contribution in [0.25, 0.3) is 0 Å². The molecule has 26 heavy (non-hydrogen) atoms. The highest BCUT2D eigenvalue weighted by Gasteiger charge is 2.38. The summed E-state index contributed by atoms with van der Waals surface area (Å²) in [5, 5.41) is 5.77. The fraction of sp³-hybridized carbons (Fsp3) is 0.421. The number of ether oxygens (including phenoxy) is 2. The molecule has 0 spiro atoms. The average molecular weight is 358 g/mol. The van der Waals surface area contributed by atoms with Gasteiger partial charge in [-0.2, -0.15) is 0 Å². The van der Waals surface area contributed by atoms with Crippen LogP contribution in [-0.4, -0.2) is 23.6 Å². The van der Waals surface area contributed by atoms with Gasteiger partial charge in [-0.05, 0) is 37.1 Å². The fourth-order valence-corrected chi connectivity index (χ4v) is 3.02. The molecule has 7 heteroatoms. The average Bonchev–Trinajstić information content (AvgIpc) is 3.09. The Hall–Kier alpha value is -2.83. The molecule has 1 aliphatic heterocycles. The monoisotopic (exact) mass is 358 g/mol. The van der Waals surface area contributed by atoms with Crippen molar-refractivity contribution in [3.63, 3.8) is 0 Å². The zero-order valence-corrected chi connectivity index (χ0v) is 14.8. The number of amides is 1. The minimum absolute atomic E-state index is 0.0561. The summed E-state index contributed by atoms with van der Waals surface area (Å²) in [4.78, 5) is 35.8. The van der Waals surface area contributed by atoms with E-state index in [0.29, 0.717) is 11.4 Å². The van der Waals surface area contributed by atoms with Crippen LogP contribution < -0.4 is 10.6 Å². The maximum atomic E-state index is 12.1. The fourth-order valence-electron chi connectivity index (χ4n) is 3.02.